The summed E-state index contributed by atoms with van der Waals surface area (Å²) in [4.78, 5) is 10.5. The Kier molecular flexibility index (Phi) is 2.41. The fraction of sp³-hybridized carbons (Fsp3) is 0.333. The fourth-order valence-electron chi connectivity index (χ4n) is 0.663. The third-order valence-corrected chi connectivity index (χ3v) is 1.24. The van der Waals surface area contributed by atoms with E-state index in [1.165, 1.54) is 0 Å². The summed E-state index contributed by atoms with van der Waals surface area (Å²) in [5, 5.41) is 3.47. The summed E-state index contributed by atoms with van der Waals surface area (Å²) < 4.78 is 0. The van der Waals surface area contributed by atoms with Crippen molar-refractivity contribution in [3.05, 3.63) is 34.7 Å². The van der Waals surface area contributed by atoms with Gasteiger partial charge in [0.15, 0.2) is 0 Å². The van der Waals surface area contributed by atoms with Crippen LogP contribution in [-0.4, -0.2) is 9.97 Å². The second-order valence-corrected chi connectivity index (χ2v) is 2.01. The largest absolute Gasteiger partial charge is 0.261 e. The van der Waals surface area contributed by atoms with Crippen LogP contribution in [0.3, 0.4) is 0 Å². The van der Waals surface area contributed by atoms with Crippen molar-refractivity contribution in [1.29, 1.82) is 0 Å². The van der Waals surface area contributed by atoms with Gasteiger partial charge in [-0.15, -0.1) is 0 Å². The van der Waals surface area contributed by atoms with E-state index in [0.717, 1.165) is 0 Å². The summed E-state index contributed by atoms with van der Waals surface area (Å²) in [6.07, 6.45) is 4.73. The molecule has 0 saturated heterocycles. The van der Waals surface area contributed by atoms with Gasteiger partial charge in [0.05, 0.1) is 11.7 Å². The van der Waals surface area contributed by atoms with Crippen molar-refractivity contribution in [3.8, 4) is 0 Å². The third kappa shape index (κ3) is 1.91. The van der Waals surface area contributed by atoms with E-state index in [0.29, 0.717) is 5.69 Å². The molecule has 0 aliphatic heterocycles. The van der Waals surface area contributed by atoms with Crippen molar-refractivity contribution < 1.29 is 0 Å². The van der Waals surface area contributed by atoms with E-state index in [2.05, 4.69) is 20.0 Å². The van der Waals surface area contributed by atoms with Crippen molar-refractivity contribution in [2.24, 2.45) is 5.11 Å². The normalized spacial score (nSPS) is 11.7. The molecule has 1 aromatic heterocycles. The lowest BCUT2D eigenvalue weighted by atomic mass is 10.3. The number of aromatic nitrogens is 2. The minimum absolute atomic E-state index is 0.242. The molecule has 1 atom stereocenters. The third-order valence-electron chi connectivity index (χ3n) is 1.24. The Balaban J connectivity index is 2.84. The zero-order valence-electron chi connectivity index (χ0n) is 6.05. The molecule has 0 unspecified atom stereocenters. The topological polar surface area (TPSA) is 74.5 Å². The van der Waals surface area contributed by atoms with Crippen LogP contribution in [-0.2, 0) is 0 Å². The fourth-order valence-corrected chi connectivity index (χ4v) is 0.663. The van der Waals surface area contributed by atoms with Gasteiger partial charge in [-0.05, 0) is 5.53 Å². The Morgan fingerprint density at radius 3 is 3.00 bits per heavy atom. The first kappa shape index (κ1) is 7.50. The lowest BCUT2D eigenvalue weighted by Crippen LogP contribution is -1.92. The molecule has 5 nitrogen and oxygen atoms in total. The first-order valence-electron chi connectivity index (χ1n) is 3.14. The van der Waals surface area contributed by atoms with Gasteiger partial charge in [0.25, 0.3) is 0 Å². The van der Waals surface area contributed by atoms with E-state index in [9.17, 15) is 0 Å². The Bertz CT molecular complexity index is 264. The molecule has 11 heavy (non-hydrogen) atoms. The van der Waals surface area contributed by atoms with Gasteiger partial charge >= 0.3 is 0 Å². The number of hydrogen-bond donors (Lipinski definition) is 0. The minimum atomic E-state index is -0.242. The molecule has 0 amide bonds. The molecule has 5 heteroatoms. The van der Waals surface area contributed by atoms with E-state index in [1.54, 1.807) is 25.5 Å². The highest BCUT2D eigenvalue weighted by Gasteiger charge is 2.01. The van der Waals surface area contributed by atoms with Crippen LogP contribution in [0.5, 0.6) is 0 Å². The highest BCUT2D eigenvalue weighted by atomic mass is 15.1. The van der Waals surface area contributed by atoms with Crippen LogP contribution in [0.4, 0.5) is 0 Å². The van der Waals surface area contributed by atoms with Gasteiger partial charge in [0.1, 0.15) is 0 Å². The maximum Gasteiger partial charge on any atom is 0.0785 e. The monoisotopic (exact) mass is 149 g/mol. The molecule has 0 aliphatic carbocycles. The molecule has 0 aromatic carbocycles. The first-order chi connectivity index (χ1) is 5.34. The molecule has 0 aliphatic rings. The van der Waals surface area contributed by atoms with E-state index in [-0.39, 0.29) is 6.04 Å². The van der Waals surface area contributed by atoms with E-state index >= 15 is 0 Å². The summed E-state index contributed by atoms with van der Waals surface area (Å²) in [7, 11) is 0. The maximum absolute atomic E-state index is 8.11. The summed E-state index contributed by atoms with van der Waals surface area (Å²) in [5.74, 6) is 0. The predicted molar refractivity (Wildman–Crippen MR) is 39.6 cm³/mol. The van der Waals surface area contributed by atoms with Crippen LogP contribution < -0.4 is 0 Å². The highest BCUT2D eigenvalue weighted by molar-refractivity contribution is 5.00. The van der Waals surface area contributed by atoms with Gasteiger partial charge in [-0.1, -0.05) is 12.0 Å². The lowest BCUT2D eigenvalue weighted by molar-refractivity contribution is 0.764. The van der Waals surface area contributed by atoms with Crippen molar-refractivity contribution in [1.82, 2.24) is 9.97 Å². The summed E-state index contributed by atoms with van der Waals surface area (Å²) in [6.45, 7) is 1.77. The quantitative estimate of drug-likeness (QED) is 0.365. The number of nitrogens with zero attached hydrogens (tertiary/aromatic N) is 5. The van der Waals surface area contributed by atoms with Gasteiger partial charge in [-0.25, -0.2) is 0 Å². The van der Waals surface area contributed by atoms with Crippen molar-refractivity contribution in [2.75, 3.05) is 0 Å². The SMILES string of the molecule is C[C@H](N=[N+]=[N-])c1cnccn1. The zero-order valence-corrected chi connectivity index (χ0v) is 6.05. The molecule has 0 bridgehead atoms. The van der Waals surface area contributed by atoms with Crippen molar-refractivity contribution in [2.45, 2.75) is 13.0 Å². The Morgan fingerprint density at radius 1 is 1.64 bits per heavy atom. The van der Waals surface area contributed by atoms with E-state index < -0.39 is 0 Å². The number of azide groups is 1. The van der Waals surface area contributed by atoms with Gasteiger partial charge in [0.2, 0.25) is 0 Å². The molecule has 0 saturated carbocycles. The average Bonchev–Trinajstić information content (AvgIpc) is 2.07. The standard InChI is InChI=1S/C6H7N5/c1-5(10-11-7)6-4-8-2-3-9-6/h2-5H,1H3/t5-/m0/s1. The van der Waals surface area contributed by atoms with Gasteiger partial charge < -0.3 is 0 Å². The summed E-state index contributed by atoms with van der Waals surface area (Å²) in [6, 6.07) is -0.242. The lowest BCUT2D eigenvalue weighted by Gasteiger charge is -1.99. The van der Waals surface area contributed by atoms with E-state index in [1.807, 2.05) is 0 Å². The molecule has 1 rings (SSSR count). The van der Waals surface area contributed by atoms with Gasteiger partial charge in [-0.2, -0.15) is 0 Å². The molecular weight excluding hydrogens is 142 g/mol. The first-order valence-corrected chi connectivity index (χ1v) is 3.14. The number of rotatable bonds is 2. The van der Waals surface area contributed by atoms with E-state index in [4.69, 9.17) is 5.53 Å². The summed E-state index contributed by atoms with van der Waals surface area (Å²) >= 11 is 0. The van der Waals surface area contributed by atoms with Crippen LogP contribution in [0.25, 0.3) is 10.4 Å². The van der Waals surface area contributed by atoms with Gasteiger partial charge in [-0.3, -0.25) is 9.97 Å². The Morgan fingerprint density at radius 2 is 2.45 bits per heavy atom. The molecule has 1 heterocycles. The van der Waals surface area contributed by atoms with Crippen LogP contribution in [0.2, 0.25) is 0 Å². The maximum atomic E-state index is 8.11. The van der Waals surface area contributed by atoms with Crippen LogP contribution in [0, 0.1) is 0 Å². The molecular formula is C6H7N5. The molecule has 0 N–H and O–H groups in total. The zero-order chi connectivity index (χ0) is 8.10. The predicted octanol–water partition coefficient (Wildman–Crippen LogP) is 1.85. The van der Waals surface area contributed by atoms with Crippen LogP contribution >= 0.6 is 0 Å². The molecule has 1 aromatic rings. The van der Waals surface area contributed by atoms with Crippen molar-refractivity contribution in [3.63, 3.8) is 0 Å². The molecule has 0 fully saturated rings. The van der Waals surface area contributed by atoms with Crippen LogP contribution in [0.15, 0.2) is 23.7 Å². The molecule has 0 radical (unpaired) electrons. The average molecular weight is 149 g/mol. The van der Waals surface area contributed by atoms with Crippen molar-refractivity contribution >= 4 is 0 Å². The molecule has 0 spiro atoms. The second kappa shape index (κ2) is 3.53. The van der Waals surface area contributed by atoms with Gasteiger partial charge in [0, 0.05) is 23.5 Å². The number of hydrogen-bond acceptors (Lipinski definition) is 3. The summed E-state index contributed by atoms with van der Waals surface area (Å²) in [5.41, 5.74) is 8.79. The minimum Gasteiger partial charge on any atom is -0.261 e. The Hall–Kier alpha value is -1.61. The van der Waals surface area contributed by atoms with Crippen LogP contribution in [0.1, 0.15) is 18.7 Å². The Labute approximate surface area is 63.7 Å². The molecule has 56 valence electrons. The second-order valence-electron chi connectivity index (χ2n) is 2.01. The highest BCUT2D eigenvalue weighted by Crippen LogP contribution is 2.11. The smallest absolute Gasteiger partial charge is 0.0785 e.